The highest BCUT2D eigenvalue weighted by Crippen LogP contribution is 2.23. The number of hydrogen-bond acceptors (Lipinski definition) is 7. The summed E-state index contributed by atoms with van der Waals surface area (Å²) in [4.78, 5) is 33.6. The Kier molecular flexibility index (Phi) is 5.50. The molecular formula is C15H15N3O6. The molecule has 126 valence electrons. The zero-order valence-corrected chi connectivity index (χ0v) is 12.8. The summed E-state index contributed by atoms with van der Waals surface area (Å²) in [7, 11) is 1.13. The third kappa shape index (κ3) is 4.32. The van der Waals surface area contributed by atoms with Crippen LogP contribution in [0.1, 0.15) is 16.1 Å². The quantitative estimate of drug-likeness (QED) is 0.449. The van der Waals surface area contributed by atoms with Gasteiger partial charge in [-0.1, -0.05) is 0 Å². The number of benzene rings is 1. The molecule has 0 spiro atoms. The van der Waals surface area contributed by atoms with Gasteiger partial charge in [0.1, 0.15) is 11.3 Å². The monoisotopic (exact) mass is 333 g/mol. The second-order valence-electron chi connectivity index (χ2n) is 4.69. The molecule has 0 aliphatic rings. The summed E-state index contributed by atoms with van der Waals surface area (Å²) in [6.07, 6.45) is 1.50. The first-order chi connectivity index (χ1) is 11.5. The number of nitro groups is 1. The van der Waals surface area contributed by atoms with Gasteiger partial charge in [-0.3, -0.25) is 14.9 Å². The Bertz CT molecular complexity index is 742. The van der Waals surface area contributed by atoms with Gasteiger partial charge in [0.05, 0.1) is 31.4 Å². The third-order valence-electron chi connectivity index (χ3n) is 3.09. The van der Waals surface area contributed by atoms with E-state index in [9.17, 15) is 19.7 Å². The molecule has 1 aromatic heterocycles. The second-order valence-corrected chi connectivity index (χ2v) is 4.69. The molecule has 0 saturated carbocycles. The summed E-state index contributed by atoms with van der Waals surface area (Å²) in [6.45, 7) is 0.181. The predicted octanol–water partition coefficient (Wildman–Crippen LogP) is 1.70. The van der Waals surface area contributed by atoms with Gasteiger partial charge < -0.3 is 19.8 Å². The highest BCUT2D eigenvalue weighted by Gasteiger charge is 2.21. The van der Waals surface area contributed by atoms with E-state index in [1.165, 1.54) is 24.5 Å². The maximum atomic E-state index is 11.7. The normalized spacial score (nSPS) is 10.0. The minimum atomic E-state index is -0.826. The summed E-state index contributed by atoms with van der Waals surface area (Å²) in [5.41, 5.74) is -0.174. The molecule has 0 atom stereocenters. The number of esters is 1. The maximum Gasteiger partial charge on any atom is 0.344 e. The SMILES string of the molecule is COC(=O)c1cc(NCC(=O)NCc2ccco2)ccc1[N+](=O)[O-]. The van der Waals surface area contributed by atoms with Crippen molar-refractivity contribution in [2.75, 3.05) is 19.0 Å². The molecule has 2 N–H and O–H groups in total. The number of anilines is 1. The van der Waals surface area contributed by atoms with Crippen molar-refractivity contribution in [1.82, 2.24) is 5.32 Å². The van der Waals surface area contributed by atoms with Crippen LogP contribution in [-0.4, -0.2) is 30.5 Å². The number of nitrogens with one attached hydrogen (secondary N) is 2. The van der Waals surface area contributed by atoms with E-state index >= 15 is 0 Å². The molecule has 0 aliphatic carbocycles. The van der Waals surface area contributed by atoms with Crippen LogP contribution in [0.3, 0.4) is 0 Å². The van der Waals surface area contributed by atoms with Crippen LogP contribution in [0.5, 0.6) is 0 Å². The van der Waals surface area contributed by atoms with E-state index in [1.807, 2.05) is 0 Å². The molecule has 0 unspecified atom stereocenters. The summed E-state index contributed by atoms with van der Waals surface area (Å²) < 4.78 is 9.61. The Balaban J connectivity index is 1.98. The fourth-order valence-corrected chi connectivity index (χ4v) is 1.92. The minimum absolute atomic E-state index is 0.0703. The van der Waals surface area contributed by atoms with Crippen LogP contribution in [0.15, 0.2) is 41.0 Å². The maximum absolute atomic E-state index is 11.7. The van der Waals surface area contributed by atoms with E-state index in [-0.39, 0.29) is 30.2 Å². The summed E-state index contributed by atoms with van der Waals surface area (Å²) in [5.74, 6) is -0.511. The Morgan fingerprint density at radius 1 is 1.33 bits per heavy atom. The molecule has 2 aromatic rings. The van der Waals surface area contributed by atoms with Crippen molar-refractivity contribution in [3.8, 4) is 0 Å². The van der Waals surface area contributed by atoms with Gasteiger partial charge in [0.2, 0.25) is 5.91 Å². The number of methoxy groups -OCH3 is 1. The van der Waals surface area contributed by atoms with Crippen LogP contribution < -0.4 is 10.6 Å². The molecular weight excluding hydrogens is 318 g/mol. The molecule has 0 aliphatic heterocycles. The Hall–Kier alpha value is -3.36. The molecule has 1 amide bonds. The smallest absolute Gasteiger partial charge is 0.344 e. The first-order valence-corrected chi connectivity index (χ1v) is 6.91. The number of carbonyl (C=O) groups excluding carboxylic acids is 2. The van der Waals surface area contributed by atoms with Crippen LogP contribution in [0.4, 0.5) is 11.4 Å². The molecule has 1 aromatic carbocycles. The Morgan fingerprint density at radius 2 is 2.12 bits per heavy atom. The van der Waals surface area contributed by atoms with Crippen molar-refractivity contribution in [1.29, 1.82) is 0 Å². The fourth-order valence-electron chi connectivity index (χ4n) is 1.92. The minimum Gasteiger partial charge on any atom is -0.467 e. The molecule has 2 rings (SSSR count). The van der Waals surface area contributed by atoms with Crippen molar-refractivity contribution in [2.24, 2.45) is 0 Å². The number of nitrogens with zero attached hydrogens (tertiary/aromatic N) is 1. The first kappa shape index (κ1) is 17.0. The number of nitro benzene ring substituents is 1. The largest absolute Gasteiger partial charge is 0.467 e. The lowest BCUT2D eigenvalue weighted by Gasteiger charge is -2.08. The number of furan rings is 1. The van der Waals surface area contributed by atoms with Crippen molar-refractivity contribution < 1.29 is 23.7 Å². The average Bonchev–Trinajstić information content (AvgIpc) is 3.10. The van der Waals surface area contributed by atoms with Crippen LogP contribution in [0.25, 0.3) is 0 Å². The first-order valence-electron chi connectivity index (χ1n) is 6.91. The molecule has 0 radical (unpaired) electrons. The standard InChI is InChI=1S/C15H15N3O6/c1-23-15(20)12-7-10(4-5-13(12)18(21)22)16-9-14(19)17-8-11-3-2-6-24-11/h2-7,16H,8-9H2,1H3,(H,17,19). The van der Waals surface area contributed by atoms with E-state index in [0.717, 1.165) is 7.11 Å². The molecule has 9 nitrogen and oxygen atoms in total. The Labute approximate surface area is 136 Å². The van der Waals surface area contributed by atoms with Crippen molar-refractivity contribution >= 4 is 23.3 Å². The number of amides is 1. The fraction of sp³-hybridized carbons (Fsp3) is 0.200. The third-order valence-corrected chi connectivity index (χ3v) is 3.09. The van der Waals surface area contributed by atoms with Gasteiger partial charge in [-0.05, 0) is 24.3 Å². The lowest BCUT2D eigenvalue weighted by Crippen LogP contribution is -2.29. The lowest BCUT2D eigenvalue weighted by atomic mass is 10.1. The molecule has 1 heterocycles. The van der Waals surface area contributed by atoms with E-state index in [2.05, 4.69) is 15.4 Å². The summed E-state index contributed by atoms with van der Waals surface area (Å²) in [5, 5.41) is 16.3. The molecule has 9 heteroatoms. The molecule has 0 bridgehead atoms. The van der Waals surface area contributed by atoms with E-state index in [1.54, 1.807) is 12.1 Å². The van der Waals surface area contributed by atoms with E-state index in [0.29, 0.717) is 11.4 Å². The molecule has 0 fully saturated rings. The van der Waals surface area contributed by atoms with Gasteiger partial charge in [0.25, 0.3) is 5.69 Å². The van der Waals surface area contributed by atoms with Crippen LogP contribution in [-0.2, 0) is 16.1 Å². The van der Waals surface area contributed by atoms with Crippen LogP contribution in [0.2, 0.25) is 0 Å². The number of ether oxygens (including phenoxy) is 1. The zero-order valence-electron chi connectivity index (χ0n) is 12.8. The highest BCUT2D eigenvalue weighted by atomic mass is 16.6. The highest BCUT2D eigenvalue weighted by molar-refractivity contribution is 5.95. The van der Waals surface area contributed by atoms with Crippen molar-refractivity contribution in [3.63, 3.8) is 0 Å². The van der Waals surface area contributed by atoms with Gasteiger partial charge in [-0.25, -0.2) is 4.79 Å². The Morgan fingerprint density at radius 3 is 2.75 bits per heavy atom. The van der Waals surface area contributed by atoms with Gasteiger partial charge in [-0.2, -0.15) is 0 Å². The van der Waals surface area contributed by atoms with Gasteiger partial charge in [0, 0.05) is 11.8 Å². The van der Waals surface area contributed by atoms with E-state index in [4.69, 9.17) is 4.42 Å². The predicted molar refractivity (Wildman–Crippen MR) is 83.5 cm³/mol. The van der Waals surface area contributed by atoms with Crippen LogP contribution >= 0.6 is 0 Å². The summed E-state index contributed by atoms with van der Waals surface area (Å²) >= 11 is 0. The number of hydrogen-bond donors (Lipinski definition) is 2. The lowest BCUT2D eigenvalue weighted by molar-refractivity contribution is -0.385. The van der Waals surface area contributed by atoms with Crippen molar-refractivity contribution in [3.05, 3.63) is 58.0 Å². The van der Waals surface area contributed by atoms with Gasteiger partial charge in [0.15, 0.2) is 0 Å². The number of carbonyl (C=O) groups is 2. The van der Waals surface area contributed by atoms with Gasteiger partial charge >= 0.3 is 5.97 Å². The van der Waals surface area contributed by atoms with Crippen molar-refractivity contribution in [2.45, 2.75) is 6.54 Å². The summed E-state index contributed by atoms with van der Waals surface area (Å²) in [6, 6.07) is 7.29. The van der Waals surface area contributed by atoms with Crippen LogP contribution in [0, 0.1) is 10.1 Å². The van der Waals surface area contributed by atoms with Gasteiger partial charge in [-0.15, -0.1) is 0 Å². The topological polar surface area (TPSA) is 124 Å². The van der Waals surface area contributed by atoms with E-state index < -0.39 is 10.9 Å². The average molecular weight is 333 g/mol. The zero-order chi connectivity index (χ0) is 17.5. The molecule has 0 saturated heterocycles. The molecule has 24 heavy (non-hydrogen) atoms. The number of rotatable bonds is 7. The second kappa shape index (κ2) is 7.77.